The van der Waals surface area contributed by atoms with Crippen LogP contribution >= 0.6 is 45.9 Å². The molecule has 0 radical (unpaired) electrons. The first-order chi connectivity index (χ1) is 22.2. The third kappa shape index (κ3) is 8.70. The van der Waals surface area contributed by atoms with Crippen LogP contribution in [0.5, 0.6) is 5.75 Å². The highest BCUT2D eigenvalue weighted by atomic mass is 35.5. The van der Waals surface area contributed by atoms with Gasteiger partial charge < -0.3 is 15.7 Å². The van der Waals surface area contributed by atoms with E-state index in [2.05, 4.69) is 20.5 Å². The van der Waals surface area contributed by atoms with Crippen LogP contribution in [0, 0.1) is 0 Å². The molecule has 0 atom stereocenters. The number of hydrogen-bond donors (Lipinski definition) is 3. The van der Waals surface area contributed by atoms with Crippen molar-refractivity contribution in [3.8, 4) is 16.2 Å². The number of aromatic hydroxyl groups is 1. The van der Waals surface area contributed by atoms with Crippen LogP contribution in [0.15, 0.2) is 65.0 Å². The van der Waals surface area contributed by atoms with Crippen LogP contribution < -0.4 is 10.6 Å². The molecule has 1 aliphatic heterocycles. The van der Waals surface area contributed by atoms with Gasteiger partial charge in [-0.15, -0.1) is 22.7 Å². The molecule has 0 bridgehead atoms. The first kappa shape index (κ1) is 34.0. The van der Waals surface area contributed by atoms with Crippen molar-refractivity contribution in [2.24, 2.45) is 4.99 Å². The summed E-state index contributed by atoms with van der Waals surface area (Å²) in [4.78, 5) is 46.6. The molecule has 0 saturated carbocycles. The van der Waals surface area contributed by atoms with Gasteiger partial charge >= 0.3 is 0 Å². The second kappa shape index (κ2) is 15.9. The van der Waals surface area contributed by atoms with E-state index in [0.29, 0.717) is 60.9 Å². The highest BCUT2D eigenvalue weighted by molar-refractivity contribution is 7.16. The van der Waals surface area contributed by atoms with Crippen molar-refractivity contribution in [2.45, 2.75) is 19.8 Å². The monoisotopic (exact) mass is 696 g/mol. The molecule has 46 heavy (non-hydrogen) atoms. The van der Waals surface area contributed by atoms with Crippen molar-refractivity contribution in [2.75, 3.05) is 45.8 Å². The molecule has 1 amide bonds. The molecule has 1 fully saturated rings. The van der Waals surface area contributed by atoms with E-state index in [9.17, 15) is 19.5 Å². The topological polar surface area (TPSA) is 111 Å². The lowest BCUT2D eigenvalue weighted by Crippen LogP contribution is -2.46. The standard InChI is InChI=1S/C34H34Cl2N4O4S2/c1-21(25-20-45-33(32(25)43)24-7-8-26(35)27(36)18-24)39-19-29(42)31-11-10-30(46-31)28(41)9-4-22-2-5-23(6-3-22)34(44)38-14-17-40-15-12-37-13-16-40/h2-3,5-8,10-11,18,20,37,43H,4,9,12-17,19H2,1H3,(H,38,44). The average molecular weight is 698 g/mol. The molecule has 0 aliphatic carbocycles. The summed E-state index contributed by atoms with van der Waals surface area (Å²) in [5, 5.41) is 19.7. The van der Waals surface area contributed by atoms with Crippen LogP contribution in [-0.4, -0.2) is 79.0 Å². The molecule has 5 rings (SSSR count). The molecule has 12 heteroatoms. The van der Waals surface area contributed by atoms with E-state index in [-0.39, 0.29) is 29.8 Å². The molecule has 4 aromatic rings. The van der Waals surface area contributed by atoms with E-state index < -0.39 is 0 Å². The predicted molar refractivity (Wildman–Crippen MR) is 188 cm³/mol. The fourth-order valence-electron chi connectivity index (χ4n) is 5.01. The highest BCUT2D eigenvalue weighted by Crippen LogP contribution is 2.40. The average Bonchev–Trinajstić information content (AvgIpc) is 3.72. The number of nitrogens with one attached hydrogen (secondary N) is 2. The van der Waals surface area contributed by atoms with Gasteiger partial charge in [-0.1, -0.05) is 41.4 Å². The van der Waals surface area contributed by atoms with Crippen LogP contribution in [0.1, 0.15) is 54.2 Å². The number of thiophene rings is 2. The second-order valence-corrected chi connectivity index (χ2v) is 13.7. The summed E-state index contributed by atoms with van der Waals surface area (Å²) in [7, 11) is 0. The molecule has 1 saturated heterocycles. The molecule has 3 N–H and O–H groups in total. The van der Waals surface area contributed by atoms with Crippen molar-refractivity contribution in [3.05, 3.63) is 96.5 Å². The number of piperazine rings is 1. The second-order valence-electron chi connectivity index (χ2n) is 10.9. The number of rotatable bonds is 13. The first-order valence-electron chi connectivity index (χ1n) is 14.9. The number of carbonyl (C=O) groups excluding carboxylic acids is 3. The smallest absolute Gasteiger partial charge is 0.251 e. The van der Waals surface area contributed by atoms with Gasteiger partial charge in [0, 0.05) is 67.9 Å². The maximum Gasteiger partial charge on any atom is 0.251 e. The van der Waals surface area contributed by atoms with Gasteiger partial charge in [-0.05, 0) is 60.9 Å². The molecule has 240 valence electrons. The van der Waals surface area contributed by atoms with E-state index in [4.69, 9.17) is 23.2 Å². The summed E-state index contributed by atoms with van der Waals surface area (Å²) in [5.41, 5.74) is 3.36. The molecule has 3 heterocycles. The van der Waals surface area contributed by atoms with Crippen LogP contribution in [-0.2, 0) is 6.42 Å². The number of ketones is 2. The van der Waals surface area contributed by atoms with E-state index >= 15 is 0 Å². The maximum atomic E-state index is 12.9. The number of hydrogen-bond acceptors (Lipinski definition) is 9. The fraction of sp³-hybridized carbons (Fsp3) is 0.294. The number of carbonyl (C=O) groups is 3. The minimum Gasteiger partial charge on any atom is -0.506 e. The van der Waals surface area contributed by atoms with Crippen molar-refractivity contribution in [3.63, 3.8) is 0 Å². The Morgan fingerprint density at radius 2 is 1.70 bits per heavy atom. The molecule has 8 nitrogen and oxygen atoms in total. The summed E-state index contributed by atoms with van der Waals surface area (Å²) in [6.45, 7) is 7.02. The lowest BCUT2D eigenvalue weighted by molar-refractivity contribution is 0.0944. The first-order valence-corrected chi connectivity index (χ1v) is 17.4. The minimum atomic E-state index is -0.204. The Labute approximate surface area is 286 Å². The number of aliphatic imine (C=N–C) groups is 1. The van der Waals surface area contributed by atoms with Gasteiger partial charge in [0.25, 0.3) is 5.91 Å². The van der Waals surface area contributed by atoms with Crippen molar-refractivity contribution in [1.29, 1.82) is 0 Å². The molecular formula is C34H34Cl2N4O4S2. The van der Waals surface area contributed by atoms with Crippen molar-refractivity contribution >= 4 is 69.1 Å². The molecule has 2 aromatic heterocycles. The Morgan fingerprint density at radius 1 is 0.978 bits per heavy atom. The largest absolute Gasteiger partial charge is 0.506 e. The number of amides is 1. The highest BCUT2D eigenvalue weighted by Gasteiger charge is 2.18. The summed E-state index contributed by atoms with van der Waals surface area (Å²) < 4.78 is 0. The normalized spacial score (nSPS) is 13.9. The summed E-state index contributed by atoms with van der Waals surface area (Å²) in [6.07, 6.45) is 0.822. The van der Waals surface area contributed by atoms with Crippen LogP contribution in [0.3, 0.4) is 0 Å². The Balaban J connectivity index is 1.09. The number of benzene rings is 2. The number of aryl methyl sites for hydroxylation is 1. The summed E-state index contributed by atoms with van der Waals surface area (Å²) >= 11 is 14.7. The SMILES string of the molecule is CC(=NCC(=O)c1ccc(C(=O)CCc2ccc(C(=O)NCCN3CCNCC3)cc2)s1)c1csc(-c2ccc(Cl)c(Cl)c2)c1O. The molecule has 1 aliphatic rings. The molecule has 0 spiro atoms. The third-order valence-corrected chi connectivity index (χ3v) is 10.7. The zero-order chi connectivity index (χ0) is 32.6. The Hall–Kier alpha value is -3.38. The Kier molecular flexibility index (Phi) is 11.8. The Morgan fingerprint density at radius 3 is 2.41 bits per heavy atom. The van der Waals surface area contributed by atoms with Gasteiger partial charge in [-0.3, -0.25) is 24.3 Å². The summed E-state index contributed by atoms with van der Waals surface area (Å²) in [6, 6.07) is 15.8. The van der Waals surface area contributed by atoms with E-state index in [1.54, 1.807) is 54.8 Å². The van der Waals surface area contributed by atoms with Gasteiger partial charge in [0.1, 0.15) is 12.3 Å². The quantitative estimate of drug-likeness (QED) is 0.107. The van der Waals surface area contributed by atoms with E-state index in [1.807, 2.05) is 12.1 Å². The van der Waals surface area contributed by atoms with Gasteiger partial charge in [-0.2, -0.15) is 0 Å². The van der Waals surface area contributed by atoms with Crippen molar-refractivity contribution in [1.82, 2.24) is 15.5 Å². The number of nitrogens with zero attached hydrogens (tertiary/aromatic N) is 2. The number of halogens is 2. The van der Waals surface area contributed by atoms with Crippen LogP contribution in [0.25, 0.3) is 10.4 Å². The lowest BCUT2D eigenvalue weighted by atomic mass is 10.0. The van der Waals surface area contributed by atoms with Gasteiger partial charge in [0.05, 0.1) is 24.7 Å². The molecular weight excluding hydrogens is 663 g/mol. The van der Waals surface area contributed by atoms with Gasteiger partial charge in [-0.25, -0.2) is 0 Å². The van der Waals surface area contributed by atoms with E-state index in [0.717, 1.165) is 55.2 Å². The zero-order valence-corrected chi connectivity index (χ0v) is 28.4. The lowest BCUT2D eigenvalue weighted by Gasteiger charge is -2.27. The molecule has 2 aromatic carbocycles. The zero-order valence-electron chi connectivity index (χ0n) is 25.3. The minimum absolute atomic E-state index is 0.0449. The van der Waals surface area contributed by atoms with Crippen LogP contribution in [0.4, 0.5) is 0 Å². The third-order valence-electron chi connectivity index (χ3n) is 7.73. The Bertz CT molecular complexity index is 1740. The number of Topliss-reactive ketones (excluding diaryl/α,β-unsaturated/α-hetero) is 2. The van der Waals surface area contributed by atoms with Gasteiger partial charge in [0.2, 0.25) is 0 Å². The van der Waals surface area contributed by atoms with E-state index in [1.165, 1.54) is 11.3 Å². The van der Waals surface area contributed by atoms with Crippen LogP contribution in [0.2, 0.25) is 10.0 Å². The fourth-order valence-corrected chi connectivity index (χ4v) is 7.21. The molecule has 0 unspecified atom stereocenters. The van der Waals surface area contributed by atoms with Crippen molar-refractivity contribution < 1.29 is 19.5 Å². The maximum absolute atomic E-state index is 12.9. The predicted octanol–water partition coefficient (Wildman–Crippen LogP) is 6.63. The summed E-state index contributed by atoms with van der Waals surface area (Å²) in [5.74, 6) is -0.283. The van der Waals surface area contributed by atoms with Gasteiger partial charge in [0.15, 0.2) is 11.6 Å².